The molecule has 114 heavy (non-hydrogen) atoms. The van der Waals surface area contributed by atoms with E-state index in [9.17, 15) is 0 Å². The Bertz CT molecular complexity index is 2170. The van der Waals surface area contributed by atoms with E-state index < -0.39 is 67.0 Å². The Morgan fingerprint density at radius 1 is 0.351 bits per heavy atom. The fourth-order valence-corrected chi connectivity index (χ4v) is 43.2. The second-order valence-electron chi connectivity index (χ2n) is 45.4. The molecule has 0 bridgehead atoms. The van der Waals surface area contributed by atoms with Gasteiger partial charge in [0.2, 0.25) is 25.0 Å². The predicted molar refractivity (Wildman–Crippen MR) is 528 cm³/mol. The van der Waals surface area contributed by atoms with Crippen molar-refractivity contribution in [2.24, 2.45) is 34.0 Å². The molecule has 686 valence electrons. The summed E-state index contributed by atoms with van der Waals surface area (Å²) in [6.45, 7) is 64.5. The summed E-state index contributed by atoms with van der Waals surface area (Å²) in [5.74, 6) is 2.01. The van der Waals surface area contributed by atoms with E-state index in [1.165, 1.54) is 345 Å². The van der Waals surface area contributed by atoms with Crippen LogP contribution in [0.5, 0.6) is 0 Å². The molecular formula is C97H212O9Si8. The van der Waals surface area contributed by atoms with Gasteiger partial charge in [-0.05, 0) is 169 Å². The maximum Gasteiger partial charge on any atom is 0.486 e. The molecule has 0 aromatic rings. The molecule has 2 saturated heterocycles. The fourth-order valence-electron chi connectivity index (χ4n) is 18.5. The van der Waals surface area contributed by atoms with Gasteiger partial charge in [-0.1, -0.05) is 398 Å². The summed E-state index contributed by atoms with van der Waals surface area (Å²) in [4.78, 5) is 0. The summed E-state index contributed by atoms with van der Waals surface area (Å²) in [6.07, 6.45) is 73.7. The number of unbranched alkanes of at least 4 members (excludes halogenated alkanes) is 3. The van der Waals surface area contributed by atoms with Crippen molar-refractivity contribution in [3.8, 4) is 0 Å². The van der Waals surface area contributed by atoms with Gasteiger partial charge in [0.25, 0.3) is 0 Å². The van der Waals surface area contributed by atoms with Gasteiger partial charge in [-0.3, -0.25) is 0 Å². The molecule has 0 aliphatic carbocycles. The third-order valence-electron chi connectivity index (χ3n) is 24.0. The lowest BCUT2D eigenvalue weighted by Crippen LogP contribution is -2.54. The van der Waals surface area contributed by atoms with Crippen LogP contribution in [-0.2, 0) is 39.5 Å². The average Bonchev–Trinajstić information content (AvgIpc) is 0.846. The van der Waals surface area contributed by atoms with E-state index in [2.05, 4.69) is 168 Å². The van der Waals surface area contributed by atoms with Crippen molar-refractivity contribution >= 4 is 67.0 Å². The molecule has 0 radical (unpaired) electrons. The second kappa shape index (κ2) is 65.9. The van der Waals surface area contributed by atoms with E-state index in [-0.39, 0.29) is 0 Å². The van der Waals surface area contributed by atoms with Gasteiger partial charge in [0, 0.05) is 48.2 Å². The SMILES string of the molecule is CC(CC(C)(C)C)C[Si]1(C)CO[Si](C)(C)CCCCCCCCCCCCCCCCCCCCCCCCO1.CCO[Si](C)(OC[Si](C)(CC(C)CC(C)(C)C)OCCCCCC[Si](C)(C)C)O[Si](C)(C)C.CO[Si]1(C)CCCCCCCCCCCCCCCCCCCCCCCCO[Si](C)(CC(C)CC(C)(C)C)CO1. The van der Waals surface area contributed by atoms with E-state index in [4.69, 9.17) is 39.5 Å². The Labute approximate surface area is 726 Å². The van der Waals surface area contributed by atoms with Gasteiger partial charge in [0.05, 0.1) is 18.7 Å². The van der Waals surface area contributed by atoms with Crippen molar-refractivity contribution in [1.82, 2.24) is 0 Å². The summed E-state index contributed by atoms with van der Waals surface area (Å²) in [5, 5.41) is 0. The van der Waals surface area contributed by atoms with Crippen LogP contribution in [0.1, 0.15) is 417 Å². The first kappa shape index (κ1) is 115. The molecule has 2 rings (SSSR count). The summed E-state index contributed by atoms with van der Waals surface area (Å²) in [5.41, 5.74) is 1.08. The van der Waals surface area contributed by atoms with Crippen LogP contribution in [0, 0.1) is 34.0 Å². The third-order valence-corrected chi connectivity index (χ3v) is 47.2. The molecule has 8 unspecified atom stereocenters. The van der Waals surface area contributed by atoms with E-state index in [0.29, 0.717) is 46.8 Å². The first-order chi connectivity index (χ1) is 53.4. The van der Waals surface area contributed by atoms with Crippen LogP contribution in [0.4, 0.5) is 0 Å². The molecule has 9 nitrogen and oxygen atoms in total. The quantitative estimate of drug-likeness (QED) is 0.0656. The highest BCUT2D eigenvalue weighted by Gasteiger charge is 2.44. The molecule has 0 N–H and O–H groups in total. The minimum Gasteiger partial charge on any atom is -0.418 e. The van der Waals surface area contributed by atoms with Crippen LogP contribution >= 0.6 is 0 Å². The van der Waals surface area contributed by atoms with Gasteiger partial charge in [-0.15, -0.1) is 0 Å². The molecule has 2 heterocycles. The molecule has 17 heteroatoms. The van der Waals surface area contributed by atoms with E-state index in [1.807, 2.05) is 14.0 Å². The third kappa shape index (κ3) is 75.9. The van der Waals surface area contributed by atoms with E-state index in [1.54, 1.807) is 0 Å². The largest absolute Gasteiger partial charge is 0.486 e. The van der Waals surface area contributed by atoms with Crippen LogP contribution in [0.25, 0.3) is 0 Å². The minimum absolute atomic E-state index is 0.335. The van der Waals surface area contributed by atoms with Crippen molar-refractivity contribution in [1.29, 1.82) is 0 Å². The van der Waals surface area contributed by atoms with Crippen molar-refractivity contribution in [3.05, 3.63) is 0 Å². The van der Waals surface area contributed by atoms with Gasteiger partial charge in [-0.2, -0.15) is 0 Å². The molecule has 0 saturated carbocycles. The lowest BCUT2D eigenvalue weighted by Gasteiger charge is -2.37. The van der Waals surface area contributed by atoms with Crippen LogP contribution in [-0.4, -0.2) is 119 Å². The Balaban J connectivity index is 0.00000169. The first-order valence-corrected chi connectivity index (χ1v) is 73.5. The number of hydrogen-bond donors (Lipinski definition) is 0. The van der Waals surface area contributed by atoms with Crippen molar-refractivity contribution in [2.45, 2.75) is 539 Å². The summed E-state index contributed by atoms with van der Waals surface area (Å²) < 4.78 is 59.2. The average molecular weight is 1750 g/mol. The highest BCUT2D eigenvalue weighted by atomic mass is 28.5. The zero-order valence-electron chi connectivity index (χ0n) is 83.2. The predicted octanol–water partition coefficient (Wildman–Crippen LogP) is 34.1. The second-order valence-corrected chi connectivity index (χ2v) is 77.8. The maximum absolute atomic E-state index is 6.84. The summed E-state index contributed by atoms with van der Waals surface area (Å²) >= 11 is 0. The number of hydrogen-bond acceptors (Lipinski definition) is 9. The van der Waals surface area contributed by atoms with Gasteiger partial charge in [-0.25, -0.2) is 0 Å². The molecule has 0 aromatic carbocycles. The van der Waals surface area contributed by atoms with Crippen LogP contribution in [0.2, 0.25) is 121 Å². The maximum atomic E-state index is 6.84. The smallest absolute Gasteiger partial charge is 0.418 e. The van der Waals surface area contributed by atoms with Crippen molar-refractivity contribution in [2.75, 3.05) is 52.2 Å². The summed E-state index contributed by atoms with van der Waals surface area (Å²) in [7, 11) is -13.1. The van der Waals surface area contributed by atoms with E-state index in [0.717, 1.165) is 50.8 Å². The van der Waals surface area contributed by atoms with Crippen molar-refractivity contribution in [3.63, 3.8) is 0 Å². The monoisotopic (exact) mass is 1750 g/mol. The molecule has 0 aromatic heterocycles. The molecular weight excluding hydrogens is 1530 g/mol. The van der Waals surface area contributed by atoms with Crippen LogP contribution in [0.3, 0.4) is 0 Å². The fraction of sp³-hybridized carbons (Fsp3) is 1.00. The molecule has 2 aliphatic rings. The van der Waals surface area contributed by atoms with Crippen LogP contribution in [0.15, 0.2) is 0 Å². The normalized spacial score (nSPS) is 25.2. The van der Waals surface area contributed by atoms with E-state index >= 15 is 0 Å². The zero-order chi connectivity index (χ0) is 85.9. The molecule has 8 atom stereocenters. The Morgan fingerprint density at radius 3 is 0.974 bits per heavy atom. The lowest BCUT2D eigenvalue weighted by molar-refractivity contribution is 0.123. The Morgan fingerprint density at radius 2 is 0.658 bits per heavy atom. The molecule has 0 amide bonds. The standard InChI is InChI=1S/C36H76O3Si2.C36H76O2Si2.C25H60O4Si4/c1-35(32-36(2,3)4)33-40(6)34-39-41(7,37-5)31-29-27-25-23-21-19-17-15-13-11-9-8-10-12-14-16-18-20-22-24-26-28-30-38-40;1-35(32-36(2,3)4)33-40(7)34-38-39(5,6)31-29-27-25-23-21-19-17-15-13-11-9-8-10-12-14-16-18-20-22-24-26-28-30-37-40;1-14-26-33(13,29-31(9,10)11)28-23-32(12,22-24(2)21-25(3,4)5)27-19-17-15-16-18-20-30(6,7)8/h35H,8-34H2,1-7H3;35H,8-34H2,1-7H3;24H,14-23H2,1-13H3. The molecule has 0 spiro atoms. The van der Waals surface area contributed by atoms with Crippen molar-refractivity contribution < 1.29 is 39.5 Å². The summed E-state index contributed by atoms with van der Waals surface area (Å²) in [6, 6.07) is 7.44. The zero-order valence-corrected chi connectivity index (χ0v) is 91.2. The Hall–Kier alpha value is 1.38. The van der Waals surface area contributed by atoms with Gasteiger partial charge in [0.15, 0.2) is 16.6 Å². The highest BCUT2D eigenvalue weighted by Crippen LogP contribution is 2.36. The Kier molecular flexibility index (Phi) is 66.7. The van der Waals surface area contributed by atoms with Gasteiger partial charge in [0.1, 0.15) is 0 Å². The van der Waals surface area contributed by atoms with Gasteiger partial charge < -0.3 is 39.5 Å². The first-order valence-electron chi connectivity index (χ1n) is 50.1. The molecule has 2 fully saturated rings. The van der Waals surface area contributed by atoms with Gasteiger partial charge >= 0.3 is 17.4 Å². The topological polar surface area (TPSA) is 83.1 Å². The number of rotatable bonds is 25. The highest BCUT2D eigenvalue weighted by molar-refractivity contribution is 6.80. The molecule has 2 aliphatic heterocycles. The lowest BCUT2D eigenvalue weighted by atomic mass is 9.86. The van der Waals surface area contributed by atoms with Crippen LogP contribution < -0.4 is 0 Å². The minimum atomic E-state index is -2.66.